The van der Waals surface area contributed by atoms with Gasteiger partial charge in [-0.15, -0.1) is 0 Å². The molecule has 1 amide bonds. The van der Waals surface area contributed by atoms with Crippen LogP contribution < -0.4 is 11.4 Å². The van der Waals surface area contributed by atoms with Gasteiger partial charge in [0.05, 0.1) is 11.0 Å². The number of likely N-dealkylation sites (tertiary alicyclic amines) is 1. The molecule has 0 bridgehead atoms. The minimum Gasteiger partial charge on any atom is -0.389 e. The molecule has 0 spiro atoms. The number of piperidine rings is 1. The molecule has 138 valence electrons. The summed E-state index contributed by atoms with van der Waals surface area (Å²) in [6, 6.07) is 14.8. The lowest BCUT2D eigenvalue weighted by molar-refractivity contribution is 0.0695. The maximum absolute atomic E-state index is 12.7. The summed E-state index contributed by atoms with van der Waals surface area (Å²) >= 11 is 4.94. The lowest BCUT2D eigenvalue weighted by atomic mass is 10.0. The number of H-pyrrole nitrogens is 1. The molecule has 2 aromatic carbocycles. The molecule has 0 atom stereocenters. The van der Waals surface area contributed by atoms with E-state index < -0.39 is 0 Å². The molecule has 1 aromatic heterocycles. The number of para-hydroxylation sites is 2. The van der Waals surface area contributed by atoms with Crippen LogP contribution >= 0.6 is 12.2 Å². The van der Waals surface area contributed by atoms with E-state index in [1.807, 2.05) is 33.7 Å². The van der Waals surface area contributed by atoms with E-state index in [-0.39, 0.29) is 17.6 Å². The van der Waals surface area contributed by atoms with Gasteiger partial charge in [0.1, 0.15) is 4.99 Å². The lowest BCUT2D eigenvalue weighted by Gasteiger charge is -2.32. The maximum Gasteiger partial charge on any atom is 0.326 e. The molecule has 3 aromatic rings. The molecule has 7 heteroatoms. The van der Waals surface area contributed by atoms with Crippen molar-refractivity contribution in [1.82, 2.24) is 14.5 Å². The Morgan fingerprint density at radius 2 is 1.67 bits per heavy atom. The predicted octanol–water partition coefficient (Wildman–Crippen LogP) is 2.44. The Morgan fingerprint density at radius 1 is 1.04 bits per heavy atom. The highest BCUT2D eigenvalue weighted by molar-refractivity contribution is 7.80. The van der Waals surface area contributed by atoms with Crippen molar-refractivity contribution in [2.75, 3.05) is 13.1 Å². The number of carbonyl (C=O) groups excluding carboxylic acids is 1. The number of amides is 1. The topological polar surface area (TPSA) is 84.1 Å². The standard InChI is InChI=1S/C20H20N4O2S/c21-18(27)13-5-7-14(8-6-13)19(25)23-11-9-15(10-12-23)24-17-4-2-1-3-16(17)22-20(24)26/h1-8,15H,9-12H2,(H2,21,27)(H,22,26). The van der Waals surface area contributed by atoms with Crippen LogP contribution in [0.3, 0.4) is 0 Å². The molecular formula is C20H20N4O2S. The second-order valence-corrected chi connectivity index (χ2v) is 7.22. The third kappa shape index (κ3) is 3.26. The number of aromatic nitrogens is 2. The number of nitrogens with one attached hydrogen (secondary N) is 1. The summed E-state index contributed by atoms with van der Waals surface area (Å²) < 4.78 is 1.83. The summed E-state index contributed by atoms with van der Waals surface area (Å²) in [5, 5.41) is 0. The molecule has 6 nitrogen and oxygen atoms in total. The van der Waals surface area contributed by atoms with Gasteiger partial charge >= 0.3 is 5.69 Å². The Kier molecular flexibility index (Phi) is 4.53. The van der Waals surface area contributed by atoms with Crippen molar-refractivity contribution < 1.29 is 4.79 Å². The van der Waals surface area contributed by atoms with Crippen molar-refractivity contribution in [3.63, 3.8) is 0 Å². The Hall–Kier alpha value is -2.93. The number of hydrogen-bond acceptors (Lipinski definition) is 3. The highest BCUT2D eigenvalue weighted by atomic mass is 32.1. The third-order valence-corrected chi connectivity index (χ3v) is 5.39. The molecule has 0 unspecified atom stereocenters. The Morgan fingerprint density at radius 3 is 2.33 bits per heavy atom. The van der Waals surface area contributed by atoms with Crippen LogP contribution in [0.1, 0.15) is 34.8 Å². The normalized spacial score (nSPS) is 15.2. The fraction of sp³-hybridized carbons (Fsp3) is 0.250. The average Bonchev–Trinajstić information content (AvgIpc) is 3.03. The Labute approximate surface area is 161 Å². The van der Waals surface area contributed by atoms with Crippen LogP contribution in [-0.4, -0.2) is 38.4 Å². The zero-order valence-electron chi connectivity index (χ0n) is 14.7. The summed E-state index contributed by atoms with van der Waals surface area (Å²) in [6.45, 7) is 1.24. The quantitative estimate of drug-likeness (QED) is 0.684. The number of imidazole rings is 1. The van der Waals surface area contributed by atoms with Crippen LogP contribution in [0.4, 0.5) is 0 Å². The monoisotopic (exact) mass is 380 g/mol. The lowest BCUT2D eigenvalue weighted by Crippen LogP contribution is -2.40. The zero-order chi connectivity index (χ0) is 19.0. The van der Waals surface area contributed by atoms with Gasteiger partial charge in [0.2, 0.25) is 0 Å². The highest BCUT2D eigenvalue weighted by Crippen LogP contribution is 2.25. The van der Waals surface area contributed by atoms with Gasteiger partial charge in [-0.1, -0.05) is 36.5 Å². The molecule has 1 aliphatic rings. The summed E-state index contributed by atoms with van der Waals surface area (Å²) in [5.41, 5.74) is 8.65. The average molecular weight is 380 g/mol. The van der Waals surface area contributed by atoms with E-state index in [2.05, 4.69) is 4.98 Å². The minimum absolute atomic E-state index is 0.00536. The predicted molar refractivity (Wildman–Crippen MR) is 109 cm³/mol. The molecule has 2 heterocycles. The van der Waals surface area contributed by atoms with E-state index in [4.69, 9.17) is 18.0 Å². The van der Waals surface area contributed by atoms with E-state index in [1.165, 1.54) is 0 Å². The van der Waals surface area contributed by atoms with E-state index in [0.717, 1.165) is 29.4 Å². The van der Waals surface area contributed by atoms with Crippen molar-refractivity contribution >= 4 is 34.1 Å². The molecule has 0 radical (unpaired) electrons. The number of thiocarbonyl (C=S) groups is 1. The van der Waals surface area contributed by atoms with Gasteiger partial charge in [-0.3, -0.25) is 9.36 Å². The van der Waals surface area contributed by atoms with Gasteiger partial charge in [0.25, 0.3) is 5.91 Å². The van der Waals surface area contributed by atoms with Gasteiger partial charge in [0, 0.05) is 30.3 Å². The molecule has 1 aliphatic heterocycles. The third-order valence-electron chi connectivity index (χ3n) is 5.16. The largest absolute Gasteiger partial charge is 0.389 e. The van der Waals surface area contributed by atoms with Crippen molar-refractivity contribution in [3.05, 3.63) is 70.1 Å². The van der Waals surface area contributed by atoms with Crippen molar-refractivity contribution in [2.24, 2.45) is 5.73 Å². The second kappa shape index (κ2) is 7.00. The van der Waals surface area contributed by atoms with Gasteiger partial charge in [-0.05, 0) is 37.1 Å². The number of benzene rings is 2. The first-order valence-electron chi connectivity index (χ1n) is 8.93. The maximum atomic E-state index is 12.7. The number of hydrogen-bond donors (Lipinski definition) is 2. The smallest absolute Gasteiger partial charge is 0.326 e. The Bertz CT molecular complexity index is 1060. The van der Waals surface area contributed by atoms with Crippen molar-refractivity contribution in [1.29, 1.82) is 0 Å². The molecule has 3 N–H and O–H groups in total. The van der Waals surface area contributed by atoms with Gasteiger partial charge < -0.3 is 15.6 Å². The van der Waals surface area contributed by atoms with E-state index in [0.29, 0.717) is 23.6 Å². The first-order valence-corrected chi connectivity index (χ1v) is 9.34. The first-order chi connectivity index (χ1) is 13.0. The van der Waals surface area contributed by atoms with Crippen LogP contribution in [-0.2, 0) is 0 Å². The number of fused-ring (bicyclic) bond motifs is 1. The van der Waals surface area contributed by atoms with Crippen LogP contribution in [0, 0.1) is 0 Å². The zero-order valence-corrected chi connectivity index (χ0v) is 15.5. The molecular weight excluding hydrogens is 360 g/mol. The van der Waals surface area contributed by atoms with Gasteiger partial charge in [-0.25, -0.2) is 4.79 Å². The van der Waals surface area contributed by atoms with Crippen LogP contribution in [0.5, 0.6) is 0 Å². The van der Waals surface area contributed by atoms with Crippen molar-refractivity contribution in [3.8, 4) is 0 Å². The number of nitrogens with two attached hydrogens (primary N) is 1. The van der Waals surface area contributed by atoms with E-state index in [1.54, 1.807) is 24.3 Å². The summed E-state index contributed by atoms with van der Waals surface area (Å²) in [6.07, 6.45) is 1.50. The fourth-order valence-corrected chi connectivity index (χ4v) is 3.86. The molecule has 4 rings (SSSR count). The number of aromatic amines is 1. The molecule has 1 saturated heterocycles. The molecule has 27 heavy (non-hydrogen) atoms. The Balaban J connectivity index is 1.48. The number of rotatable bonds is 3. The summed E-state index contributed by atoms with van der Waals surface area (Å²) in [7, 11) is 0. The van der Waals surface area contributed by atoms with E-state index >= 15 is 0 Å². The van der Waals surface area contributed by atoms with Gasteiger partial charge in [-0.2, -0.15) is 0 Å². The SMILES string of the molecule is NC(=S)c1ccc(C(=O)N2CCC(n3c(=O)[nH]c4ccccc43)CC2)cc1. The highest BCUT2D eigenvalue weighted by Gasteiger charge is 2.26. The summed E-state index contributed by atoms with van der Waals surface area (Å²) in [5.74, 6) is -0.00536. The summed E-state index contributed by atoms with van der Waals surface area (Å²) in [4.78, 5) is 30.2. The molecule has 0 saturated carbocycles. The van der Waals surface area contributed by atoms with Gasteiger partial charge in [0.15, 0.2) is 0 Å². The van der Waals surface area contributed by atoms with Crippen LogP contribution in [0.25, 0.3) is 11.0 Å². The van der Waals surface area contributed by atoms with Crippen molar-refractivity contribution in [2.45, 2.75) is 18.9 Å². The first kappa shape index (κ1) is 17.5. The van der Waals surface area contributed by atoms with Crippen LogP contribution in [0.2, 0.25) is 0 Å². The van der Waals surface area contributed by atoms with Crippen LogP contribution in [0.15, 0.2) is 53.3 Å². The second-order valence-electron chi connectivity index (χ2n) is 6.78. The number of carbonyl (C=O) groups is 1. The minimum atomic E-state index is -0.0886. The molecule has 1 fully saturated rings. The fourth-order valence-electron chi connectivity index (χ4n) is 3.72. The number of nitrogens with zero attached hydrogens (tertiary/aromatic N) is 2. The molecule has 0 aliphatic carbocycles. The van der Waals surface area contributed by atoms with E-state index in [9.17, 15) is 9.59 Å².